The predicted molar refractivity (Wildman–Crippen MR) is 87.5 cm³/mol. The topological polar surface area (TPSA) is 72.2 Å². The van der Waals surface area contributed by atoms with Crippen molar-refractivity contribution in [2.45, 2.75) is 32.1 Å². The molecular weight excluding hydrogens is 304 g/mol. The van der Waals surface area contributed by atoms with Crippen LogP contribution in [-0.4, -0.2) is 11.0 Å². The van der Waals surface area contributed by atoms with Crippen LogP contribution in [0, 0.1) is 16.7 Å². The summed E-state index contributed by atoms with van der Waals surface area (Å²) in [6.07, 6.45) is 5.64. The summed E-state index contributed by atoms with van der Waals surface area (Å²) in [5.74, 6) is 1.05. The zero-order valence-corrected chi connectivity index (χ0v) is 13.3. The Labute approximate surface area is 140 Å². The van der Waals surface area contributed by atoms with Gasteiger partial charge in [0.2, 0.25) is 5.88 Å². The first-order valence-electron chi connectivity index (χ1n) is 8.04. The Kier molecular flexibility index (Phi) is 4.76. The number of benzene rings is 1. The second kappa shape index (κ2) is 7.14. The van der Waals surface area contributed by atoms with Crippen LogP contribution in [0.25, 0.3) is 0 Å². The zero-order valence-electron chi connectivity index (χ0n) is 13.3. The Morgan fingerprint density at radius 3 is 2.38 bits per heavy atom. The van der Waals surface area contributed by atoms with E-state index < -0.39 is 11.4 Å². The molecule has 1 aliphatic rings. The fourth-order valence-electron chi connectivity index (χ4n) is 2.83. The highest BCUT2D eigenvalue weighted by Crippen LogP contribution is 2.37. The van der Waals surface area contributed by atoms with E-state index in [1.54, 1.807) is 36.5 Å². The number of aromatic nitrogens is 1. The molecular formula is C19H18N2O3. The molecule has 122 valence electrons. The molecule has 0 aliphatic heterocycles. The Morgan fingerprint density at radius 2 is 1.75 bits per heavy atom. The second-order valence-electron chi connectivity index (χ2n) is 5.89. The minimum absolute atomic E-state index is 0.411. The van der Waals surface area contributed by atoms with Crippen molar-refractivity contribution < 1.29 is 14.3 Å². The number of hydrogen-bond donors (Lipinski definition) is 0. The maximum atomic E-state index is 12.4. The molecule has 2 aromatic rings. The largest absolute Gasteiger partial charge is 0.439 e. The normalized spacial score (nSPS) is 16.0. The Hall–Kier alpha value is -2.87. The van der Waals surface area contributed by atoms with E-state index in [0.29, 0.717) is 30.2 Å². The van der Waals surface area contributed by atoms with Gasteiger partial charge in [0, 0.05) is 12.3 Å². The number of carbonyl (C=O) groups is 1. The Morgan fingerprint density at radius 1 is 1.04 bits per heavy atom. The number of nitrogens with zero attached hydrogens (tertiary/aromatic N) is 2. The summed E-state index contributed by atoms with van der Waals surface area (Å²) < 4.78 is 11.0. The van der Waals surface area contributed by atoms with Gasteiger partial charge in [0.05, 0.1) is 6.07 Å². The summed E-state index contributed by atoms with van der Waals surface area (Å²) in [7, 11) is 0. The monoisotopic (exact) mass is 322 g/mol. The number of hydrogen-bond acceptors (Lipinski definition) is 5. The average Bonchev–Trinajstić information content (AvgIpc) is 2.64. The van der Waals surface area contributed by atoms with Gasteiger partial charge in [0.25, 0.3) is 0 Å². The van der Waals surface area contributed by atoms with Gasteiger partial charge in [-0.25, -0.2) is 9.78 Å². The summed E-state index contributed by atoms with van der Waals surface area (Å²) in [5.41, 5.74) is -0.999. The maximum Gasteiger partial charge on any atom is 0.331 e. The molecule has 1 saturated carbocycles. The van der Waals surface area contributed by atoms with E-state index in [1.165, 1.54) is 0 Å². The first-order chi connectivity index (χ1) is 11.7. The molecule has 0 atom stereocenters. The molecule has 5 nitrogen and oxygen atoms in total. The van der Waals surface area contributed by atoms with Crippen LogP contribution < -0.4 is 9.47 Å². The number of pyridine rings is 1. The van der Waals surface area contributed by atoms with Gasteiger partial charge in [0.1, 0.15) is 11.5 Å². The van der Waals surface area contributed by atoms with Gasteiger partial charge in [0.15, 0.2) is 5.41 Å². The molecule has 24 heavy (non-hydrogen) atoms. The third-order valence-electron chi connectivity index (χ3n) is 4.21. The lowest BCUT2D eigenvalue weighted by molar-refractivity contribution is -0.144. The zero-order chi connectivity index (χ0) is 16.8. The molecule has 5 heteroatoms. The Bertz CT molecular complexity index is 729. The molecule has 0 spiro atoms. The highest BCUT2D eigenvalue weighted by molar-refractivity contribution is 5.82. The van der Waals surface area contributed by atoms with E-state index in [1.807, 2.05) is 12.1 Å². The van der Waals surface area contributed by atoms with Crippen LogP contribution >= 0.6 is 0 Å². The Balaban J connectivity index is 1.65. The number of rotatable bonds is 4. The van der Waals surface area contributed by atoms with Crippen molar-refractivity contribution >= 4 is 5.97 Å². The fraction of sp³-hybridized carbons (Fsp3) is 0.316. The van der Waals surface area contributed by atoms with Gasteiger partial charge in [-0.15, -0.1) is 0 Å². The van der Waals surface area contributed by atoms with Crippen LogP contribution in [0.5, 0.6) is 17.4 Å². The van der Waals surface area contributed by atoms with E-state index in [9.17, 15) is 10.1 Å². The van der Waals surface area contributed by atoms with Crippen LogP contribution in [0.3, 0.4) is 0 Å². The van der Waals surface area contributed by atoms with Gasteiger partial charge < -0.3 is 9.47 Å². The first-order valence-corrected chi connectivity index (χ1v) is 8.04. The van der Waals surface area contributed by atoms with E-state index >= 15 is 0 Å². The smallest absolute Gasteiger partial charge is 0.331 e. The molecule has 1 aliphatic carbocycles. The highest BCUT2D eigenvalue weighted by Gasteiger charge is 2.41. The molecule has 1 heterocycles. The van der Waals surface area contributed by atoms with Crippen molar-refractivity contribution in [3.8, 4) is 23.4 Å². The van der Waals surface area contributed by atoms with Crippen LogP contribution in [0.15, 0.2) is 48.7 Å². The van der Waals surface area contributed by atoms with E-state index in [0.717, 1.165) is 19.3 Å². The lowest BCUT2D eigenvalue weighted by Gasteiger charge is -2.27. The van der Waals surface area contributed by atoms with Gasteiger partial charge >= 0.3 is 5.97 Å². The summed E-state index contributed by atoms with van der Waals surface area (Å²) in [6, 6.07) is 14.3. The molecule has 1 fully saturated rings. The molecule has 3 rings (SSSR count). The van der Waals surface area contributed by atoms with Crippen molar-refractivity contribution in [1.82, 2.24) is 4.98 Å². The lowest BCUT2D eigenvalue weighted by atomic mass is 9.75. The SMILES string of the molecule is N#CC1(C(=O)Oc2ccc(Oc3ccccn3)cc2)CCCCC1. The van der Waals surface area contributed by atoms with E-state index in [2.05, 4.69) is 11.1 Å². The number of carbonyl (C=O) groups excluding carboxylic acids is 1. The van der Waals surface area contributed by atoms with Gasteiger partial charge in [-0.05, 0) is 43.2 Å². The van der Waals surface area contributed by atoms with Gasteiger partial charge in [-0.2, -0.15) is 5.26 Å². The summed E-state index contributed by atoms with van der Waals surface area (Å²) in [6.45, 7) is 0. The van der Waals surface area contributed by atoms with Crippen LogP contribution in [0.4, 0.5) is 0 Å². The van der Waals surface area contributed by atoms with Crippen molar-refractivity contribution in [3.05, 3.63) is 48.7 Å². The van der Waals surface area contributed by atoms with Crippen molar-refractivity contribution in [2.75, 3.05) is 0 Å². The number of esters is 1. The third kappa shape index (κ3) is 3.54. The minimum Gasteiger partial charge on any atom is -0.439 e. The lowest BCUT2D eigenvalue weighted by Crippen LogP contribution is -2.35. The molecule has 0 N–H and O–H groups in total. The molecule has 0 saturated heterocycles. The van der Waals surface area contributed by atoms with Gasteiger partial charge in [-0.1, -0.05) is 25.3 Å². The molecule has 0 radical (unpaired) electrons. The average molecular weight is 322 g/mol. The van der Waals surface area contributed by atoms with Crippen LogP contribution in [0.1, 0.15) is 32.1 Å². The second-order valence-corrected chi connectivity index (χ2v) is 5.89. The minimum atomic E-state index is -0.999. The summed E-state index contributed by atoms with van der Waals surface area (Å²) >= 11 is 0. The molecule has 0 unspecified atom stereocenters. The highest BCUT2D eigenvalue weighted by atomic mass is 16.5. The van der Waals surface area contributed by atoms with Crippen LogP contribution in [-0.2, 0) is 4.79 Å². The summed E-state index contributed by atoms with van der Waals surface area (Å²) in [5, 5.41) is 9.42. The standard InChI is InChI=1S/C19H18N2O3/c20-14-19(11-3-1-4-12-19)18(22)24-16-9-7-15(8-10-16)23-17-6-2-5-13-21-17/h2,5-10,13H,1,3-4,11-12H2. The maximum absolute atomic E-state index is 12.4. The van der Waals surface area contributed by atoms with E-state index in [4.69, 9.17) is 9.47 Å². The van der Waals surface area contributed by atoms with Crippen molar-refractivity contribution in [3.63, 3.8) is 0 Å². The number of ether oxygens (including phenoxy) is 2. The van der Waals surface area contributed by atoms with Gasteiger partial charge in [-0.3, -0.25) is 0 Å². The van der Waals surface area contributed by atoms with Crippen molar-refractivity contribution in [2.24, 2.45) is 5.41 Å². The van der Waals surface area contributed by atoms with E-state index in [-0.39, 0.29) is 0 Å². The number of nitriles is 1. The molecule has 1 aromatic carbocycles. The molecule has 0 amide bonds. The summed E-state index contributed by atoms with van der Waals surface area (Å²) in [4.78, 5) is 16.5. The quantitative estimate of drug-likeness (QED) is 0.621. The van der Waals surface area contributed by atoms with Crippen LogP contribution in [0.2, 0.25) is 0 Å². The molecule has 1 aromatic heterocycles. The van der Waals surface area contributed by atoms with Crippen molar-refractivity contribution in [1.29, 1.82) is 5.26 Å². The predicted octanol–water partition coefficient (Wildman–Crippen LogP) is 4.25. The first kappa shape index (κ1) is 16.0. The fourth-order valence-corrected chi connectivity index (χ4v) is 2.83. The third-order valence-corrected chi connectivity index (χ3v) is 4.21. The molecule has 0 bridgehead atoms.